The highest BCUT2D eigenvalue weighted by molar-refractivity contribution is 5.85. The van der Waals surface area contributed by atoms with Crippen LogP contribution in [0.3, 0.4) is 0 Å². The van der Waals surface area contributed by atoms with Crippen LogP contribution in [-0.4, -0.2) is 18.1 Å². The molecule has 15 heavy (non-hydrogen) atoms. The third kappa shape index (κ3) is 4.83. The SMILES string of the molecule is Cl.Cl.c1cc(CCC2CCNC2)ccn1. The number of hydrogen-bond donors (Lipinski definition) is 1. The van der Waals surface area contributed by atoms with Crippen LogP contribution in [-0.2, 0) is 6.42 Å². The fraction of sp³-hybridized carbons (Fsp3) is 0.545. The number of hydrogen-bond acceptors (Lipinski definition) is 2. The Morgan fingerprint density at radius 3 is 2.60 bits per heavy atom. The van der Waals surface area contributed by atoms with E-state index in [4.69, 9.17) is 0 Å². The van der Waals surface area contributed by atoms with E-state index in [1.165, 1.54) is 37.9 Å². The van der Waals surface area contributed by atoms with Gasteiger partial charge in [0.1, 0.15) is 0 Å². The average Bonchev–Trinajstić information content (AvgIpc) is 2.69. The standard InChI is InChI=1S/C11H16N2.2ClH/c1(2-11-5-8-13-9-11)10-3-6-12-7-4-10;;/h3-4,6-7,11,13H,1-2,5,8-9H2;2*1H. The Kier molecular flexibility index (Phi) is 7.75. The molecular weight excluding hydrogens is 231 g/mol. The predicted octanol–water partition coefficient (Wildman–Crippen LogP) is 2.47. The van der Waals surface area contributed by atoms with E-state index in [1.54, 1.807) is 0 Å². The van der Waals surface area contributed by atoms with Crippen LogP contribution in [0.2, 0.25) is 0 Å². The molecule has 2 nitrogen and oxygen atoms in total. The van der Waals surface area contributed by atoms with Gasteiger partial charge in [-0.05, 0) is 56.0 Å². The topological polar surface area (TPSA) is 24.9 Å². The van der Waals surface area contributed by atoms with Gasteiger partial charge in [-0.25, -0.2) is 0 Å². The first-order valence-electron chi connectivity index (χ1n) is 5.05. The van der Waals surface area contributed by atoms with Gasteiger partial charge in [-0.1, -0.05) is 0 Å². The number of nitrogens with zero attached hydrogens (tertiary/aromatic N) is 1. The Labute approximate surface area is 104 Å². The van der Waals surface area contributed by atoms with Gasteiger partial charge in [0, 0.05) is 12.4 Å². The van der Waals surface area contributed by atoms with Crippen molar-refractivity contribution in [2.45, 2.75) is 19.3 Å². The molecule has 1 atom stereocenters. The second-order valence-corrected chi connectivity index (χ2v) is 3.75. The van der Waals surface area contributed by atoms with Crippen molar-refractivity contribution in [2.75, 3.05) is 13.1 Å². The van der Waals surface area contributed by atoms with Crippen LogP contribution in [0.5, 0.6) is 0 Å². The second kappa shape index (κ2) is 7.91. The van der Waals surface area contributed by atoms with Crippen molar-refractivity contribution in [1.82, 2.24) is 10.3 Å². The maximum absolute atomic E-state index is 4.01. The van der Waals surface area contributed by atoms with Gasteiger partial charge in [-0.3, -0.25) is 4.98 Å². The summed E-state index contributed by atoms with van der Waals surface area (Å²) < 4.78 is 0. The first-order chi connectivity index (χ1) is 6.45. The highest BCUT2D eigenvalue weighted by Gasteiger charge is 2.13. The molecule has 2 heterocycles. The molecule has 0 radical (unpaired) electrons. The van der Waals surface area contributed by atoms with Crippen LogP contribution in [0, 0.1) is 5.92 Å². The number of rotatable bonds is 3. The Balaban J connectivity index is 0.000000980. The molecule has 2 rings (SSSR count). The quantitative estimate of drug-likeness (QED) is 0.890. The van der Waals surface area contributed by atoms with Gasteiger partial charge in [-0.2, -0.15) is 0 Å². The van der Waals surface area contributed by atoms with Gasteiger partial charge in [0.15, 0.2) is 0 Å². The molecule has 1 saturated heterocycles. The molecule has 0 aliphatic carbocycles. The van der Waals surface area contributed by atoms with Crippen molar-refractivity contribution >= 4 is 24.8 Å². The van der Waals surface area contributed by atoms with E-state index in [0.717, 1.165) is 5.92 Å². The van der Waals surface area contributed by atoms with Crippen LogP contribution >= 0.6 is 24.8 Å². The molecule has 1 fully saturated rings. The first-order valence-corrected chi connectivity index (χ1v) is 5.05. The highest BCUT2D eigenvalue weighted by atomic mass is 35.5. The number of aryl methyl sites for hydroxylation is 1. The summed E-state index contributed by atoms with van der Waals surface area (Å²) in [7, 11) is 0. The lowest BCUT2D eigenvalue weighted by Gasteiger charge is -2.06. The minimum Gasteiger partial charge on any atom is -0.316 e. The van der Waals surface area contributed by atoms with Crippen molar-refractivity contribution in [3.8, 4) is 0 Å². The Morgan fingerprint density at radius 2 is 2.00 bits per heavy atom. The van der Waals surface area contributed by atoms with Gasteiger partial charge in [-0.15, -0.1) is 24.8 Å². The predicted molar refractivity (Wildman–Crippen MR) is 68.0 cm³/mol. The number of pyridine rings is 1. The zero-order valence-electron chi connectivity index (χ0n) is 8.69. The summed E-state index contributed by atoms with van der Waals surface area (Å²) in [5.41, 5.74) is 1.42. The van der Waals surface area contributed by atoms with E-state index in [-0.39, 0.29) is 24.8 Å². The molecule has 1 unspecified atom stereocenters. The fourth-order valence-electron chi connectivity index (χ4n) is 1.88. The molecule has 1 aromatic heterocycles. The minimum absolute atomic E-state index is 0. The molecule has 1 aliphatic rings. The zero-order chi connectivity index (χ0) is 8.93. The maximum Gasteiger partial charge on any atom is 0.0270 e. The van der Waals surface area contributed by atoms with E-state index in [2.05, 4.69) is 22.4 Å². The fourth-order valence-corrected chi connectivity index (χ4v) is 1.88. The summed E-state index contributed by atoms with van der Waals surface area (Å²) in [4.78, 5) is 4.01. The summed E-state index contributed by atoms with van der Waals surface area (Å²) in [6.45, 7) is 2.42. The minimum atomic E-state index is 0. The van der Waals surface area contributed by atoms with Crippen molar-refractivity contribution < 1.29 is 0 Å². The van der Waals surface area contributed by atoms with Crippen molar-refractivity contribution in [2.24, 2.45) is 5.92 Å². The Bertz CT molecular complexity index is 248. The van der Waals surface area contributed by atoms with Gasteiger partial charge in [0.2, 0.25) is 0 Å². The zero-order valence-corrected chi connectivity index (χ0v) is 10.3. The number of halogens is 2. The molecule has 1 N–H and O–H groups in total. The largest absolute Gasteiger partial charge is 0.316 e. The van der Waals surface area contributed by atoms with E-state index < -0.39 is 0 Å². The lowest BCUT2D eigenvalue weighted by atomic mass is 9.99. The third-order valence-corrected chi connectivity index (χ3v) is 2.75. The van der Waals surface area contributed by atoms with Crippen LogP contribution < -0.4 is 5.32 Å². The molecule has 0 saturated carbocycles. The Hall–Kier alpha value is -0.310. The lowest BCUT2D eigenvalue weighted by molar-refractivity contribution is 0.533. The van der Waals surface area contributed by atoms with Crippen molar-refractivity contribution in [3.05, 3.63) is 30.1 Å². The van der Waals surface area contributed by atoms with Gasteiger partial charge < -0.3 is 5.32 Å². The summed E-state index contributed by atoms with van der Waals surface area (Å²) >= 11 is 0. The normalized spacial score (nSPS) is 19.1. The van der Waals surface area contributed by atoms with Crippen LogP contribution in [0.15, 0.2) is 24.5 Å². The highest BCUT2D eigenvalue weighted by Crippen LogP contribution is 2.15. The van der Waals surface area contributed by atoms with Gasteiger partial charge in [0.05, 0.1) is 0 Å². The number of aromatic nitrogens is 1. The number of nitrogens with one attached hydrogen (secondary N) is 1. The molecule has 0 aromatic carbocycles. The molecule has 1 aliphatic heterocycles. The molecule has 4 heteroatoms. The van der Waals surface area contributed by atoms with Crippen molar-refractivity contribution in [3.63, 3.8) is 0 Å². The van der Waals surface area contributed by atoms with E-state index >= 15 is 0 Å². The molecule has 1 aromatic rings. The van der Waals surface area contributed by atoms with E-state index in [1.807, 2.05) is 12.4 Å². The second-order valence-electron chi connectivity index (χ2n) is 3.75. The van der Waals surface area contributed by atoms with Crippen molar-refractivity contribution in [1.29, 1.82) is 0 Å². The van der Waals surface area contributed by atoms with E-state index in [0.29, 0.717) is 0 Å². The summed E-state index contributed by atoms with van der Waals surface area (Å²) in [6, 6.07) is 4.23. The molecular formula is C11H18Cl2N2. The molecule has 86 valence electrons. The smallest absolute Gasteiger partial charge is 0.0270 e. The summed E-state index contributed by atoms with van der Waals surface area (Å²) in [6.07, 6.45) is 7.63. The molecule has 0 spiro atoms. The maximum atomic E-state index is 4.01. The average molecular weight is 249 g/mol. The first kappa shape index (κ1) is 14.7. The monoisotopic (exact) mass is 248 g/mol. The molecule has 0 amide bonds. The van der Waals surface area contributed by atoms with Gasteiger partial charge >= 0.3 is 0 Å². The van der Waals surface area contributed by atoms with Gasteiger partial charge in [0.25, 0.3) is 0 Å². The third-order valence-electron chi connectivity index (χ3n) is 2.75. The molecule has 0 bridgehead atoms. The summed E-state index contributed by atoms with van der Waals surface area (Å²) in [5, 5.41) is 3.40. The lowest BCUT2D eigenvalue weighted by Crippen LogP contribution is -2.09. The van der Waals surface area contributed by atoms with Crippen LogP contribution in [0.25, 0.3) is 0 Å². The Morgan fingerprint density at radius 1 is 1.27 bits per heavy atom. The van der Waals surface area contributed by atoms with Crippen LogP contribution in [0.4, 0.5) is 0 Å². The summed E-state index contributed by atoms with van der Waals surface area (Å²) in [5.74, 6) is 0.896. The van der Waals surface area contributed by atoms with Crippen LogP contribution in [0.1, 0.15) is 18.4 Å². The van der Waals surface area contributed by atoms with E-state index in [9.17, 15) is 0 Å².